The SMILES string of the molecule is CN(C(=O)CCc1ccccc1N)C1CCN(CCn2cccn2)CC1. The van der Waals surface area contributed by atoms with Gasteiger partial charge in [-0.3, -0.25) is 9.48 Å². The van der Waals surface area contributed by atoms with Gasteiger partial charge in [0.1, 0.15) is 0 Å². The van der Waals surface area contributed by atoms with Gasteiger partial charge in [0.25, 0.3) is 0 Å². The fourth-order valence-electron chi connectivity index (χ4n) is 3.59. The lowest BCUT2D eigenvalue weighted by atomic mass is 10.0. The first-order valence-corrected chi connectivity index (χ1v) is 9.42. The lowest BCUT2D eigenvalue weighted by Crippen LogP contribution is -2.46. The lowest BCUT2D eigenvalue weighted by Gasteiger charge is -2.36. The van der Waals surface area contributed by atoms with Crippen LogP contribution in [0, 0.1) is 0 Å². The molecule has 1 saturated heterocycles. The molecule has 1 aliphatic rings. The summed E-state index contributed by atoms with van der Waals surface area (Å²) in [5, 5.41) is 4.25. The van der Waals surface area contributed by atoms with E-state index in [1.165, 1.54) is 0 Å². The number of anilines is 1. The Labute approximate surface area is 155 Å². The van der Waals surface area contributed by atoms with Gasteiger partial charge >= 0.3 is 0 Å². The van der Waals surface area contributed by atoms with Crippen LogP contribution in [0.2, 0.25) is 0 Å². The minimum Gasteiger partial charge on any atom is -0.399 e. The minimum absolute atomic E-state index is 0.211. The summed E-state index contributed by atoms with van der Waals surface area (Å²) < 4.78 is 1.97. The number of carbonyl (C=O) groups is 1. The van der Waals surface area contributed by atoms with Gasteiger partial charge in [0.15, 0.2) is 0 Å². The van der Waals surface area contributed by atoms with Gasteiger partial charge in [-0.15, -0.1) is 0 Å². The molecular formula is C20H29N5O. The number of aryl methyl sites for hydroxylation is 1. The second-order valence-electron chi connectivity index (χ2n) is 7.05. The van der Waals surface area contributed by atoms with Crippen molar-refractivity contribution < 1.29 is 4.79 Å². The number of hydrogen-bond acceptors (Lipinski definition) is 4. The summed E-state index contributed by atoms with van der Waals surface area (Å²) in [6.45, 7) is 4.01. The smallest absolute Gasteiger partial charge is 0.222 e. The normalized spacial score (nSPS) is 15.9. The molecule has 2 N–H and O–H groups in total. The first kappa shape index (κ1) is 18.5. The van der Waals surface area contributed by atoms with E-state index in [2.05, 4.69) is 10.00 Å². The van der Waals surface area contributed by atoms with Crippen LogP contribution < -0.4 is 5.73 Å². The molecule has 1 aliphatic heterocycles. The molecule has 140 valence electrons. The van der Waals surface area contributed by atoms with Gasteiger partial charge in [0, 0.05) is 57.2 Å². The zero-order chi connectivity index (χ0) is 18.4. The second-order valence-corrected chi connectivity index (χ2v) is 7.05. The average Bonchev–Trinajstić information content (AvgIpc) is 3.19. The van der Waals surface area contributed by atoms with Gasteiger partial charge in [-0.1, -0.05) is 18.2 Å². The number of nitrogens with zero attached hydrogens (tertiary/aromatic N) is 4. The summed E-state index contributed by atoms with van der Waals surface area (Å²) in [7, 11) is 1.95. The van der Waals surface area contributed by atoms with Crippen LogP contribution in [0.3, 0.4) is 0 Å². The molecular weight excluding hydrogens is 326 g/mol. The number of hydrogen-bond donors (Lipinski definition) is 1. The van der Waals surface area contributed by atoms with Gasteiger partial charge in [-0.2, -0.15) is 5.10 Å². The molecule has 2 heterocycles. The van der Waals surface area contributed by atoms with E-state index in [-0.39, 0.29) is 5.91 Å². The van der Waals surface area contributed by atoms with Crippen molar-refractivity contribution in [3.63, 3.8) is 0 Å². The summed E-state index contributed by atoms with van der Waals surface area (Å²) >= 11 is 0. The zero-order valence-electron chi connectivity index (χ0n) is 15.6. The Balaban J connectivity index is 1.40. The van der Waals surface area contributed by atoms with Crippen LogP contribution in [-0.4, -0.2) is 58.2 Å². The maximum Gasteiger partial charge on any atom is 0.222 e. The number of rotatable bonds is 7. The number of likely N-dealkylation sites (tertiary alicyclic amines) is 1. The Bertz CT molecular complexity index is 692. The maximum absolute atomic E-state index is 12.5. The fourth-order valence-corrected chi connectivity index (χ4v) is 3.59. The molecule has 0 radical (unpaired) electrons. The van der Waals surface area contributed by atoms with Crippen LogP contribution in [0.1, 0.15) is 24.8 Å². The van der Waals surface area contributed by atoms with Crippen LogP contribution in [-0.2, 0) is 17.8 Å². The third-order valence-corrected chi connectivity index (χ3v) is 5.37. The Morgan fingerprint density at radius 1 is 1.23 bits per heavy atom. The predicted molar refractivity (Wildman–Crippen MR) is 104 cm³/mol. The molecule has 0 bridgehead atoms. The molecule has 6 nitrogen and oxygen atoms in total. The fraction of sp³-hybridized carbons (Fsp3) is 0.500. The standard InChI is InChI=1S/C20H29N5O/c1-23(20(26)8-7-17-5-2-3-6-19(17)21)18-9-13-24(14-10-18)15-16-25-12-4-11-22-25/h2-6,11-12,18H,7-10,13-16,21H2,1H3. The van der Waals surface area contributed by atoms with E-state index in [0.717, 1.165) is 50.3 Å². The highest BCUT2D eigenvalue weighted by Gasteiger charge is 2.25. The van der Waals surface area contributed by atoms with Crippen molar-refractivity contribution in [3.05, 3.63) is 48.3 Å². The Hall–Kier alpha value is -2.34. The molecule has 6 heteroatoms. The van der Waals surface area contributed by atoms with Crippen molar-refractivity contribution in [3.8, 4) is 0 Å². The monoisotopic (exact) mass is 355 g/mol. The molecule has 2 aromatic rings. The van der Waals surface area contributed by atoms with Gasteiger partial charge in [-0.25, -0.2) is 0 Å². The quantitative estimate of drug-likeness (QED) is 0.772. The van der Waals surface area contributed by atoms with Crippen molar-refractivity contribution in [2.24, 2.45) is 0 Å². The third kappa shape index (κ3) is 4.85. The largest absolute Gasteiger partial charge is 0.399 e. The first-order valence-electron chi connectivity index (χ1n) is 9.42. The van der Waals surface area contributed by atoms with Crippen molar-refractivity contribution >= 4 is 11.6 Å². The molecule has 1 fully saturated rings. The highest BCUT2D eigenvalue weighted by Crippen LogP contribution is 2.18. The Morgan fingerprint density at radius 2 is 2.00 bits per heavy atom. The number of para-hydroxylation sites is 1. The van der Waals surface area contributed by atoms with Gasteiger partial charge in [-0.05, 0) is 37.0 Å². The van der Waals surface area contributed by atoms with Crippen LogP contribution in [0.5, 0.6) is 0 Å². The number of aromatic nitrogens is 2. The van der Waals surface area contributed by atoms with E-state index in [1.807, 2.05) is 59.4 Å². The minimum atomic E-state index is 0.211. The summed E-state index contributed by atoms with van der Waals surface area (Å²) in [6, 6.07) is 10.1. The maximum atomic E-state index is 12.5. The van der Waals surface area contributed by atoms with Crippen molar-refractivity contribution in [2.75, 3.05) is 32.4 Å². The number of nitrogens with two attached hydrogens (primary N) is 1. The highest BCUT2D eigenvalue weighted by atomic mass is 16.2. The molecule has 1 amide bonds. The number of carbonyl (C=O) groups excluding carboxylic acids is 1. The summed E-state index contributed by atoms with van der Waals surface area (Å²) in [4.78, 5) is 17.0. The number of benzene rings is 1. The Kier molecular flexibility index (Phi) is 6.28. The van der Waals surface area contributed by atoms with Gasteiger partial charge < -0.3 is 15.5 Å². The van der Waals surface area contributed by atoms with Gasteiger partial charge in [0.2, 0.25) is 5.91 Å². The first-order chi connectivity index (χ1) is 12.6. The molecule has 26 heavy (non-hydrogen) atoms. The van der Waals surface area contributed by atoms with Crippen molar-refractivity contribution in [2.45, 2.75) is 38.3 Å². The molecule has 3 rings (SSSR count). The van der Waals surface area contributed by atoms with Crippen LogP contribution in [0.4, 0.5) is 5.69 Å². The van der Waals surface area contributed by atoms with E-state index < -0.39 is 0 Å². The van der Waals surface area contributed by atoms with Crippen molar-refractivity contribution in [1.82, 2.24) is 19.6 Å². The molecule has 0 saturated carbocycles. The van der Waals surface area contributed by atoms with E-state index in [4.69, 9.17) is 5.73 Å². The molecule has 0 aliphatic carbocycles. The van der Waals surface area contributed by atoms with Crippen LogP contribution in [0.25, 0.3) is 0 Å². The third-order valence-electron chi connectivity index (χ3n) is 5.37. The number of nitrogen functional groups attached to an aromatic ring is 1. The van der Waals surface area contributed by atoms with Crippen LogP contribution in [0.15, 0.2) is 42.7 Å². The summed E-state index contributed by atoms with van der Waals surface area (Å²) in [5.41, 5.74) is 7.80. The molecule has 1 aromatic heterocycles. The highest BCUT2D eigenvalue weighted by molar-refractivity contribution is 5.76. The topological polar surface area (TPSA) is 67.4 Å². The molecule has 0 atom stereocenters. The predicted octanol–water partition coefficient (Wildman–Crippen LogP) is 2.02. The molecule has 1 aromatic carbocycles. The molecule has 0 unspecified atom stereocenters. The number of piperidine rings is 1. The second kappa shape index (κ2) is 8.85. The van der Waals surface area contributed by atoms with E-state index in [1.54, 1.807) is 0 Å². The average molecular weight is 355 g/mol. The molecule has 0 spiro atoms. The van der Waals surface area contributed by atoms with Crippen molar-refractivity contribution in [1.29, 1.82) is 0 Å². The van der Waals surface area contributed by atoms with E-state index in [0.29, 0.717) is 18.9 Å². The van der Waals surface area contributed by atoms with E-state index in [9.17, 15) is 4.79 Å². The summed E-state index contributed by atoms with van der Waals surface area (Å²) in [6.07, 6.45) is 7.11. The van der Waals surface area contributed by atoms with E-state index >= 15 is 0 Å². The number of amides is 1. The van der Waals surface area contributed by atoms with Gasteiger partial charge in [0.05, 0.1) is 6.54 Å². The lowest BCUT2D eigenvalue weighted by molar-refractivity contribution is -0.132. The van der Waals surface area contributed by atoms with Crippen LogP contribution >= 0.6 is 0 Å². The Morgan fingerprint density at radius 3 is 2.69 bits per heavy atom. The summed E-state index contributed by atoms with van der Waals surface area (Å²) in [5.74, 6) is 0.211. The zero-order valence-corrected chi connectivity index (χ0v) is 15.6.